The minimum atomic E-state index is 0.492. The molecule has 1 aliphatic carbocycles. The topological polar surface area (TPSA) is 51.8 Å². The highest BCUT2D eigenvalue weighted by Crippen LogP contribution is 2.32. The van der Waals surface area contributed by atoms with E-state index in [1.54, 1.807) is 0 Å². The van der Waals surface area contributed by atoms with Gasteiger partial charge in [0, 0.05) is 24.2 Å². The van der Waals surface area contributed by atoms with E-state index in [1.165, 1.54) is 25.7 Å². The monoisotopic (exact) mass is 255 g/mol. The summed E-state index contributed by atoms with van der Waals surface area (Å²) in [4.78, 5) is 8.82. The summed E-state index contributed by atoms with van der Waals surface area (Å²) >= 11 is 3.42. The van der Waals surface area contributed by atoms with E-state index in [0.29, 0.717) is 12.5 Å². The van der Waals surface area contributed by atoms with Crippen LogP contribution in [-0.2, 0) is 6.54 Å². The highest BCUT2D eigenvalue weighted by molar-refractivity contribution is 9.10. The molecule has 0 bridgehead atoms. The van der Waals surface area contributed by atoms with E-state index in [4.69, 9.17) is 5.73 Å². The maximum absolute atomic E-state index is 5.54. The van der Waals surface area contributed by atoms with Crippen molar-refractivity contribution in [3.63, 3.8) is 0 Å². The Morgan fingerprint density at radius 2 is 2.14 bits per heavy atom. The second kappa shape index (κ2) is 4.36. The molecule has 2 rings (SSSR count). The Bertz CT molecular complexity index is 321. The van der Waals surface area contributed by atoms with Gasteiger partial charge in [-0.3, -0.25) is 0 Å². The van der Waals surface area contributed by atoms with Crippen molar-refractivity contribution in [1.29, 1.82) is 0 Å². The molecule has 0 aliphatic heterocycles. The van der Waals surface area contributed by atoms with Gasteiger partial charge in [0.25, 0.3) is 0 Å². The predicted molar refractivity (Wildman–Crippen MR) is 58.8 cm³/mol. The van der Waals surface area contributed by atoms with Crippen LogP contribution in [0.3, 0.4) is 0 Å². The molecule has 1 saturated carbocycles. The standard InChI is InChI=1S/C10H14BrN3/c11-9-8(5-12)6-13-10(14-9)7-3-1-2-4-7/h6-7H,1-5,12H2. The van der Waals surface area contributed by atoms with Crippen LogP contribution in [0, 0.1) is 0 Å². The Morgan fingerprint density at radius 1 is 1.43 bits per heavy atom. The molecule has 1 aromatic heterocycles. The van der Waals surface area contributed by atoms with E-state index in [-0.39, 0.29) is 0 Å². The second-order valence-corrected chi connectivity index (χ2v) is 4.48. The number of halogens is 1. The number of rotatable bonds is 2. The molecule has 0 aromatic carbocycles. The van der Waals surface area contributed by atoms with Gasteiger partial charge >= 0.3 is 0 Å². The van der Waals surface area contributed by atoms with Crippen LogP contribution in [0.2, 0.25) is 0 Å². The normalized spacial score (nSPS) is 17.6. The summed E-state index contributed by atoms with van der Waals surface area (Å²) in [5.74, 6) is 1.55. The van der Waals surface area contributed by atoms with Gasteiger partial charge in [-0.1, -0.05) is 12.8 Å². The van der Waals surface area contributed by atoms with E-state index < -0.39 is 0 Å². The van der Waals surface area contributed by atoms with Crippen LogP contribution in [0.1, 0.15) is 43.0 Å². The third-order valence-corrected chi connectivity index (χ3v) is 3.46. The molecule has 0 spiro atoms. The molecule has 1 aliphatic rings. The van der Waals surface area contributed by atoms with Gasteiger partial charge in [0.1, 0.15) is 10.4 Å². The fourth-order valence-electron chi connectivity index (χ4n) is 1.92. The summed E-state index contributed by atoms with van der Waals surface area (Å²) in [5.41, 5.74) is 6.52. The first-order valence-corrected chi connectivity index (χ1v) is 5.82. The summed E-state index contributed by atoms with van der Waals surface area (Å²) in [6.45, 7) is 0.492. The fourth-order valence-corrected chi connectivity index (χ4v) is 2.36. The first kappa shape index (κ1) is 10.1. The fraction of sp³-hybridized carbons (Fsp3) is 0.600. The van der Waals surface area contributed by atoms with Gasteiger partial charge in [0.15, 0.2) is 0 Å². The molecule has 1 fully saturated rings. The van der Waals surface area contributed by atoms with Crippen LogP contribution in [-0.4, -0.2) is 9.97 Å². The first-order chi connectivity index (χ1) is 6.81. The van der Waals surface area contributed by atoms with Crippen LogP contribution >= 0.6 is 15.9 Å². The van der Waals surface area contributed by atoms with Crippen molar-refractivity contribution < 1.29 is 0 Å². The summed E-state index contributed by atoms with van der Waals surface area (Å²) in [6, 6.07) is 0. The van der Waals surface area contributed by atoms with Crippen LogP contribution < -0.4 is 5.73 Å². The molecular formula is C10H14BrN3. The zero-order valence-corrected chi connectivity index (χ0v) is 9.63. The SMILES string of the molecule is NCc1cnc(C2CCCC2)nc1Br. The molecule has 3 nitrogen and oxygen atoms in total. The minimum Gasteiger partial charge on any atom is -0.326 e. The van der Waals surface area contributed by atoms with E-state index in [1.807, 2.05) is 6.20 Å². The highest BCUT2D eigenvalue weighted by Gasteiger charge is 2.20. The van der Waals surface area contributed by atoms with E-state index in [0.717, 1.165) is 16.0 Å². The number of hydrogen-bond donors (Lipinski definition) is 1. The summed E-state index contributed by atoms with van der Waals surface area (Å²) in [6.07, 6.45) is 6.92. The lowest BCUT2D eigenvalue weighted by Gasteiger charge is -2.08. The van der Waals surface area contributed by atoms with Gasteiger partial charge in [-0.05, 0) is 28.8 Å². The molecular weight excluding hydrogens is 242 g/mol. The minimum absolute atomic E-state index is 0.492. The number of aromatic nitrogens is 2. The van der Waals surface area contributed by atoms with Gasteiger partial charge in [0.2, 0.25) is 0 Å². The van der Waals surface area contributed by atoms with Gasteiger partial charge in [-0.15, -0.1) is 0 Å². The lowest BCUT2D eigenvalue weighted by atomic mass is 10.1. The zero-order valence-electron chi connectivity index (χ0n) is 8.04. The number of hydrogen-bond acceptors (Lipinski definition) is 3. The van der Waals surface area contributed by atoms with Gasteiger partial charge in [-0.2, -0.15) is 0 Å². The average Bonchev–Trinajstić information content (AvgIpc) is 2.70. The molecule has 0 amide bonds. The number of nitrogens with two attached hydrogens (primary N) is 1. The zero-order chi connectivity index (χ0) is 9.97. The van der Waals surface area contributed by atoms with Crippen LogP contribution in [0.15, 0.2) is 10.8 Å². The molecule has 1 heterocycles. The van der Waals surface area contributed by atoms with Crippen molar-refractivity contribution in [2.75, 3.05) is 0 Å². The van der Waals surface area contributed by atoms with Crippen molar-refractivity contribution >= 4 is 15.9 Å². The predicted octanol–water partition coefficient (Wildman–Crippen LogP) is 2.36. The summed E-state index contributed by atoms with van der Waals surface area (Å²) in [5, 5.41) is 0. The maximum Gasteiger partial charge on any atom is 0.132 e. The average molecular weight is 256 g/mol. The second-order valence-electron chi connectivity index (χ2n) is 3.73. The Balaban J connectivity index is 2.23. The van der Waals surface area contributed by atoms with Gasteiger partial charge in [0.05, 0.1) is 0 Å². The Hall–Kier alpha value is -0.480. The maximum atomic E-state index is 5.54. The lowest BCUT2D eigenvalue weighted by Crippen LogP contribution is -2.05. The Kier molecular flexibility index (Phi) is 3.13. The van der Waals surface area contributed by atoms with E-state index in [9.17, 15) is 0 Å². The van der Waals surface area contributed by atoms with Crippen molar-refractivity contribution in [2.24, 2.45) is 5.73 Å². The molecule has 0 unspecified atom stereocenters. The summed E-state index contributed by atoms with van der Waals surface area (Å²) in [7, 11) is 0. The first-order valence-electron chi connectivity index (χ1n) is 5.02. The van der Waals surface area contributed by atoms with Crippen LogP contribution in [0.25, 0.3) is 0 Å². The van der Waals surface area contributed by atoms with E-state index >= 15 is 0 Å². The largest absolute Gasteiger partial charge is 0.326 e. The summed E-state index contributed by atoms with van der Waals surface area (Å²) < 4.78 is 0.858. The van der Waals surface area contributed by atoms with Crippen LogP contribution in [0.4, 0.5) is 0 Å². The molecule has 2 N–H and O–H groups in total. The molecule has 0 saturated heterocycles. The van der Waals surface area contributed by atoms with Gasteiger partial charge < -0.3 is 5.73 Å². The smallest absolute Gasteiger partial charge is 0.132 e. The molecule has 14 heavy (non-hydrogen) atoms. The third-order valence-electron chi connectivity index (χ3n) is 2.77. The molecule has 4 heteroatoms. The van der Waals surface area contributed by atoms with Crippen molar-refractivity contribution in [3.05, 3.63) is 22.2 Å². The quantitative estimate of drug-likeness (QED) is 0.826. The lowest BCUT2D eigenvalue weighted by molar-refractivity contribution is 0.661. The Labute approximate surface area is 92.3 Å². The molecule has 0 radical (unpaired) electrons. The van der Waals surface area contributed by atoms with E-state index in [2.05, 4.69) is 25.9 Å². The number of nitrogens with zero attached hydrogens (tertiary/aromatic N) is 2. The highest BCUT2D eigenvalue weighted by atomic mass is 79.9. The van der Waals surface area contributed by atoms with Crippen LogP contribution in [0.5, 0.6) is 0 Å². The Morgan fingerprint density at radius 3 is 2.71 bits per heavy atom. The van der Waals surface area contributed by atoms with Gasteiger partial charge in [-0.25, -0.2) is 9.97 Å². The van der Waals surface area contributed by atoms with Crippen molar-refractivity contribution in [1.82, 2.24) is 9.97 Å². The van der Waals surface area contributed by atoms with Crippen molar-refractivity contribution in [2.45, 2.75) is 38.1 Å². The molecule has 0 atom stereocenters. The van der Waals surface area contributed by atoms with Crippen molar-refractivity contribution in [3.8, 4) is 0 Å². The third kappa shape index (κ3) is 1.96. The molecule has 1 aromatic rings. The molecule has 76 valence electrons.